The van der Waals surface area contributed by atoms with Crippen molar-refractivity contribution in [2.24, 2.45) is 0 Å². The van der Waals surface area contributed by atoms with Crippen LogP contribution in [0, 0.1) is 6.92 Å². The van der Waals surface area contributed by atoms with Crippen molar-refractivity contribution in [3.05, 3.63) is 93.5 Å². The molecule has 0 heterocycles. The SMILES string of the molecule is Cc1cccc(NS(=O)(=O)c2cc(C(=O)NCCSCc3ccc(Cl)cc3)ccc2Cl)c1. The van der Waals surface area contributed by atoms with Gasteiger partial charge in [0.1, 0.15) is 4.90 Å². The number of thioether (sulfide) groups is 1. The first-order chi connectivity index (χ1) is 15.2. The van der Waals surface area contributed by atoms with Crippen molar-refractivity contribution in [2.75, 3.05) is 17.0 Å². The summed E-state index contributed by atoms with van der Waals surface area (Å²) in [5, 5.41) is 3.55. The highest BCUT2D eigenvalue weighted by molar-refractivity contribution is 7.98. The molecule has 0 fully saturated rings. The fourth-order valence-corrected chi connectivity index (χ4v) is 5.40. The summed E-state index contributed by atoms with van der Waals surface area (Å²) in [6.07, 6.45) is 0. The minimum Gasteiger partial charge on any atom is -0.351 e. The van der Waals surface area contributed by atoms with Gasteiger partial charge in [-0.25, -0.2) is 8.42 Å². The number of hydrogen-bond donors (Lipinski definition) is 2. The lowest BCUT2D eigenvalue weighted by Crippen LogP contribution is -2.26. The first kappa shape index (κ1) is 24.5. The Morgan fingerprint density at radius 1 is 1.00 bits per heavy atom. The lowest BCUT2D eigenvalue weighted by Gasteiger charge is -2.12. The molecule has 0 atom stereocenters. The molecule has 3 aromatic rings. The smallest absolute Gasteiger partial charge is 0.263 e. The van der Waals surface area contributed by atoms with Gasteiger partial charge in [0.15, 0.2) is 0 Å². The molecule has 0 aliphatic rings. The standard InChI is InChI=1S/C23H22Cl2N2O3S2/c1-16-3-2-4-20(13-16)27-32(29,30)22-14-18(7-10-21(22)25)23(28)26-11-12-31-15-17-5-8-19(24)9-6-17/h2-10,13-14,27H,11-12,15H2,1H3,(H,26,28). The van der Waals surface area contributed by atoms with Crippen LogP contribution in [0.3, 0.4) is 0 Å². The zero-order chi connectivity index (χ0) is 23.1. The molecule has 1 amide bonds. The van der Waals surface area contributed by atoms with E-state index in [2.05, 4.69) is 10.0 Å². The number of carbonyl (C=O) groups is 1. The average Bonchev–Trinajstić information content (AvgIpc) is 2.74. The second kappa shape index (κ2) is 11.1. The number of rotatable bonds is 9. The summed E-state index contributed by atoms with van der Waals surface area (Å²) < 4.78 is 28.2. The van der Waals surface area contributed by atoms with Crippen molar-refractivity contribution in [2.45, 2.75) is 17.6 Å². The van der Waals surface area contributed by atoms with Crippen LogP contribution < -0.4 is 10.0 Å². The Balaban J connectivity index is 1.59. The number of carbonyl (C=O) groups excluding carboxylic acids is 1. The minimum absolute atomic E-state index is 0.0419. The zero-order valence-corrected chi connectivity index (χ0v) is 20.4. The van der Waals surface area contributed by atoms with Crippen LogP contribution in [0.4, 0.5) is 5.69 Å². The topological polar surface area (TPSA) is 75.3 Å². The number of anilines is 1. The fourth-order valence-electron chi connectivity index (χ4n) is 2.88. The molecule has 0 saturated carbocycles. The molecular weight excluding hydrogens is 487 g/mol. The molecule has 0 radical (unpaired) electrons. The molecule has 3 rings (SSSR count). The van der Waals surface area contributed by atoms with Gasteiger partial charge in [0.25, 0.3) is 15.9 Å². The average molecular weight is 509 g/mol. The number of hydrogen-bond acceptors (Lipinski definition) is 4. The quantitative estimate of drug-likeness (QED) is 0.360. The van der Waals surface area contributed by atoms with Crippen molar-refractivity contribution in [1.29, 1.82) is 0 Å². The largest absolute Gasteiger partial charge is 0.351 e. The third-order valence-electron chi connectivity index (χ3n) is 4.47. The van der Waals surface area contributed by atoms with E-state index in [0.717, 1.165) is 16.9 Å². The van der Waals surface area contributed by atoms with Gasteiger partial charge in [-0.2, -0.15) is 11.8 Å². The summed E-state index contributed by atoms with van der Waals surface area (Å²) in [5.74, 6) is 1.16. The van der Waals surface area contributed by atoms with Gasteiger partial charge in [-0.05, 0) is 60.5 Å². The Labute approximate surface area is 202 Å². The lowest BCUT2D eigenvalue weighted by molar-refractivity contribution is 0.0956. The summed E-state index contributed by atoms with van der Waals surface area (Å²) >= 11 is 13.7. The first-order valence-electron chi connectivity index (χ1n) is 9.74. The molecule has 0 bridgehead atoms. The molecule has 0 spiro atoms. The van der Waals surface area contributed by atoms with Crippen molar-refractivity contribution in [1.82, 2.24) is 5.32 Å². The Bertz CT molecular complexity index is 1200. The number of benzene rings is 3. The van der Waals surface area contributed by atoms with Crippen LogP contribution in [-0.2, 0) is 15.8 Å². The monoisotopic (exact) mass is 508 g/mol. The maximum atomic E-state index is 12.8. The first-order valence-corrected chi connectivity index (χ1v) is 13.1. The number of halogens is 2. The van der Waals surface area contributed by atoms with Crippen molar-refractivity contribution in [3.8, 4) is 0 Å². The predicted molar refractivity (Wildman–Crippen MR) is 133 cm³/mol. The molecule has 168 valence electrons. The van der Waals surface area contributed by atoms with Gasteiger partial charge in [-0.1, -0.05) is 47.5 Å². The zero-order valence-electron chi connectivity index (χ0n) is 17.3. The molecule has 0 aliphatic carbocycles. The summed E-state index contributed by atoms with van der Waals surface area (Å²) in [6.45, 7) is 2.31. The van der Waals surface area contributed by atoms with Crippen LogP contribution >= 0.6 is 35.0 Å². The molecule has 5 nitrogen and oxygen atoms in total. The number of amides is 1. The highest BCUT2D eigenvalue weighted by Crippen LogP contribution is 2.25. The van der Waals surface area contributed by atoms with Gasteiger partial charge >= 0.3 is 0 Å². The molecule has 0 aliphatic heterocycles. The second-order valence-electron chi connectivity index (χ2n) is 7.06. The van der Waals surface area contributed by atoms with Gasteiger partial charge in [-0.15, -0.1) is 0 Å². The number of nitrogens with one attached hydrogen (secondary N) is 2. The van der Waals surface area contributed by atoms with E-state index >= 15 is 0 Å². The van der Waals surface area contributed by atoms with Crippen molar-refractivity contribution < 1.29 is 13.2 Å². The highest BCUT2D eigenvalue weighted by atomic mass is 35.5. The molecule has 2 N–H and O–H groups in total. The number of sulfonamides is 1. The van der Waals surface area contributed by atoms with Crippen LogP contribution in [0.1, 0.15) is 21.5 Å². The van der Waals surface area contributed by atoms with Crippen LogP contribution in [0.25, 0.3) is 0 Å². The third-order valence-corrected chi connectivity index (χ3v) is 7.61. The summed E-state index contributed by atoms with van der Waals surface area (Å²) in [4.78, 5) is 12.4. The van der Waals surface area contributed by atoms with Gasteiger partial charge in [-0.3, -0.25) is 9.52 Å². The Morgan fingerprint density at radius 2 is 1.75 bits per heavy atom. The van der Waals surface area contributed by atoms with Gasteiger partial charge in [0.2, 0.25) is 0 Å². The summed E-state index contributed by atoms with van der Waals surface area (Å²) in [5.41, 5.74) is 2.72. The van der Waals surface area contributed by atoms with Crippen LogP contribution in [-0.4, -0.2) is 26.6 Å². The van der Waals surface area contributed by atoms with Gasteiger partial charge < -0.3 is 5.32 Å². The highest BCUT2D eigenvalue weighted by Gasteiger charge is 2.20. The summed E-state index contributed by atoms with van der Waals surface area (Å²) in [6, 6.07) is 18.8. The van der Waals surface area contributed by atoms with E-state index in [1.54, 1.807) is 30.0 Å². The van der Waals surface area contributed by atoms with Gasteiger partial charge in [0.05, 0.1) is 5.02 Å². The maximum Gasteiger partial charge on any atom is 0.263 e. The van der Waals surface area contributed by atoms with Crippen LogP contribution in [0.2, 0.25) is 10.0 Å². The Kier molecular flexibility index (Phi) is 8.48. The van der Waals surface area contributed by atoms with Crippen LogP contribution in [0.5, 0.6) is 0 Å². The van der Waals surface area contributed by atoms with E-state index in [-0.39, 0.29) is 21.4 Å². The van der Waals surface area contributed by atoms with Crippen LogP contribution in [0.15, 0.2) is 71.6 Å². The Hall–Kier alpha value is -2.19. The second-order valence-corrected chi connectivity index (χ2v) is 10.7. The molecule has 0 aromatic heterocycles. The maximum absolute atomic E-state index is 12.8. The van der Waals surface area contributed by atoms with Gasteiger partial charge in [0, 0.05) is 34.3 Å². The molecule has 32 heavy (non-hydrogen) atoms. The summed E-state index contributed by atoms with van der Waals surface area (Å²) in [7, 11) is -3.96. The normalized spacial score (nSPS) is 11.2. The molecular formula is C23H22Cl2N2O3S2. The lowest BCUT2D eigenvalue weighted by atomic mass is 10.2. The van der Waals surface area contributed by atoms with E-state index in [9.17, 15) is 13.2 Å². The fraction of sp³-hybridized carbons (Fsp3) is 0.174. The minimum atomic E-state index is -3.96. The third kappa shape index (κ3) is 6.90. The van der Waals surface area contributed by atoms with Crippen molar-refractivity contribution in [3.63, 3.8) is 0 Å². The number of aryl methyl sites for hydroxylation is 1. The van der Waals surface area contributed by atoms with E-state index < -0.39 is 10.0 Å². The van der Waals surface area contributed by atoms with E-state index in [4.69, 9.17) is 23.2 Å². The van der Waals surface area contributed by atoms with E-state index in [1.807, 2.05) is 37.3 Å². The van der Waals surface area contributed by atoms with E-state index in [1.165, 1.54) is 18.2 Å². The molecule has 3 aromatic carbocycles. The Morgan fingerprint density at radius 3 is 2.47 bits per heavy atom. The predicted octanol–water partition coefficient (Wildman–Crippen LogP) is 5.77. The van der Waals surface area contributed by atoms with E-state index in [0.29, 0.717) is 23.0 Å². The molecule has 9 heteroatoms. The van der Waals surface area contributed by atoms with Crippen molar-refractivity contribution >= 4 is 56.6 Å². The molecule has 0 saturated heterocycles. The molecule has 0 unspecified atom stereocenters.